The number of benzene rings is 3. The van der Waals surface area contributed by atoms with Crippen molar-refractivity contribution in [1.29, 1.82) is 0 Å². The van der Waals surface area contributed by atoms with Gasteiger partial charge in [0, 0.05) is 35.2 Å². The number of rotatable bonds is 7. The maximum Gasteiger partial charge on any atom is 0.335 e. The van der Waals surface area contributed by atoms with E-state index in [1.54, 1.807) is 13.0 Å². The van der Waals surface area contributed by atoms with Gasteiger partial charge in [-0.25, -0.2) is 18.0 Å². The normalized spacial score (nSPS) is 13.4. The number of aromatic carboxylic acids is 1. The summed E-state index contributed by atoms with van der Waals surface area (Å²) >= 11 is 0. The third-order valence-corrected chi connectivity index (χ3v) is 6.60. The second-order valence-corrected chi connectivity index (χ2v) is 8.78. The number of H-pyrrole nitrogens is 1. The molecule has 5 rings (SSSR count). The van der Waals surface area contributed by atoms with E-state index in [0.717, 1.165) is 12.1 Å². The van der Waals surface area contributed by atoms with Crippen molar-refractivity contribution in [2.45, 2.75) is 18.9 Å². The van der Waals surface area contributed by atoms with Gasteiger partial charge in [0.05, 0.1) is 29.6 Å². The first-order valence-electron chi connectivity index (χ1n) is 11.4. The quantitative estimate of drug-likeness (QED) is 0.268. The topological polar surface area (TPSA) is 100 Å². The molecular formula is C27H22F3N3O4. The number of fused-ring (bicyclic) bond motifs is 2. The average molecular weight is 509 g/mol. The number of hydrogen-bond acceptors (Lipinski definition) is 4. The van der Waals surface area contributed by atoms with Crippen molar-refractivity contribution < 1.29 is 32.9 Å². The standard InChI is InChI=1S/C27H22F3N3O4/c1-3-27(36,13-37-2)25-21(14-4-6-15(7-5-14)26(34)35)22-20(10-16-12-31-32-24(16)23(22)30)33(25)17-8-9-18(28)19(29)11-17/h4-12,36H,3,13H2,1-2H3,(H,31,32)(H,34,35)/t27-/m1/s1. The second-order valence-electron chi connectivity index (χ2n) is 8.78. The van der Waals surface area contributed by atoms with Gasteiger partial charge in [0.2, 0.25) is 0 Å². The molecule has 3 N–H and O–H groups in total. The number of halogens is 3. The average Bonchev–Trinajstić information content (AvgIpc) is 3.49. The molecule has 2 aromatic heterocycles. The SMILES string of the molecule is CC[C@@](O)(COC)c1c(-c2ccc(C(=O)O)cc2)c2c(F)c3[nH]ncc3cc2n1-c1ccc(F)c(F)c1. The largest absolute Gasteiger partial charge is 0.478 e. The first-order chi connectivity index (χ1) is 17.7. The van der Waals surface area contributed by atoms with Crippen molar-refractivity contribution in [3.63, 3.8) is 0 Å². The lowest BCUT2D eigenvalue weighted by molar-refractivity contribution is -0.0422. The molecule has 0 aliphatic carbocycles. The Labute approximate surface area is 208 Å². The van der Waals surface area contributed by atoms with Gasteiger partial charge in [0.1, 0.15) is 11.1 Å². The minimum Gasteiger partial charge on any atom is -0.478 e. The van der Waals surface area contributed by atoms with E-state index in [4.69, 9.17) is 4.74 Å². The van der Waals surface area contributed by atoms with Crippen LogP contribution >= 0.6 is 0 Å². The smallest absolute Gasteiger partial charge is 0.335 e. The molecule has 3 aromatic carbocycles. The first-order valence-corrected chi connectivity index (χ1v) is 11.4. The van der Waals surface area contributed by atoms with E-state index in [1.165, 1.54) is 48.2 Å². The van der Waals surface area contributed by atoms with Gasteiger partial charge in [-0.2, -0.15) is 5.10 Å². The van der Waals surface area contributed by atoms with Gasteiger partial charge in [0.15, 0.2) is 17.5 Å². The van der Waals surface area contributed by atoms with Gasteiger partial charge in [-0.05, 0) is 42.3 Å². The lowest BCUT2D eigenvalue weighted by Gasteiger charge is -2.29. The summed E-state index contributed by atoms with van der Waals surface area (Å²) in [6.45, 7) is 1.53. The zero-order valence-corrected chi connectivity index (χ0v) is 19.8. The Kier molecular flexibility index (Phi) is 6.01. The van der Waals surface area contributed by atoms with Crippen molar-refractivity contribution in [3.05, 3.63) is 83.4 Å². The number of aliphatic hydroxyl groups is 1. The van der Waals surface area contributed by atoms with Gasteiger partial charge in [0.25, 0.3) is 0 Å². The number of nitrogens with zero attached hydrogens (tertiary/aromatic N) is 2. The summed E-state index contributed by atoms with van der Waals surface area (Å²) in [7, 11) is 1.40. The van der Waals surface area contributed by atoms with Gasteiger partial charge < -0.3 is 19.5 Å². The Morgan fingerprint density at radius 2 is 1.84 bits per heavy atom. The summed E-state index contributed by atoms with van der Waals surface area (Å²) in [5.74, 6) is -3.97. The molecule has 0 amide bonds. The van der Waals surface area contributed by atoms with E-state index < -0.39 is 29.0 Å². The molecule has 0 radical (unpaired) electrons. The number of methoxy groups -OCH3 is 1. The van der Waals surface area contributed by atoms with Gasteiger partial charge in [-0.1, -0.05) is 19.1 Å². The van der Waals surface area contributed by atoms with Crippen molar-refractivity contribution in [1.82, 2.24) is 14.8 Å². The number of carbonyl (C=O) groups is 1. The van der Waals surface area contributed by atoms with Crippen LogP contribution in [0.1, 0.15) is 29.4 Å². The Morgan fingerprint density at radius 1 is 1.11 bits per heavy atom. The van der Waals surface area contributed by atoms with E-state index in [0.29, 0.717) is 10.9 Å². The molecule has 1 atom stereocenters. The molecular weight excluding hydrogens is 487 g/mol. The van der Waals surface area contributed by atoms with Crippen molar-refractivity contribution in [2.24, 2.45) is 0 Å². The fraction of sp³-hybridized carbons (Fsp3) is 0.185. The third kappa shape index (κ3) is 3.85. The molecule has 0 bridgehead atoms. The molecule has 7 nitrogen and oxygen atoms in total. The number of carboxylic acids is 1. The van der Waals surface area contributed by atoms with Crippen molar-refractivity contribution >= 4 is 27.8 Å². The van der Waals surface area contributed by atoms with Crippen LogP contribution < -0.4 is 0 Å². The molecule has 0 saturated heterocycles. The third-order valence-electron chi connectivity index (χ3n) is 6.60. The Balaban J connectivity index is 2.01. The van der Waals surface area contributed by atoms with Crippen LogP contribution in [0.5, 0.6) is 0 Å². The molecule has 0 unspecified atom stereocenters. The lowest BCUT2D eigenvalue weighted by atomic mass is 9.89. The summed E-state index contributed by atoms with van der Waals surface area (Å²) in [5, 5.41) is 28.3. The van der Waals surface area contributed by atoms with E-state index in [1.807, 2.05) is 0 Å². The molecule has 0 fully saturated rings. The molecule has 0 aliphatic rings. The van der Waals surface area contributed by atoms with E-state index in [2.05, 4.69) is 10.2 Å². The number of hydrogen-bond donors (Lipinski definition) is 3. The van der Waals surface area contributed by atoms with Crippen LogP contribution in [0.3, 0.4) is 0 Å². The fourth-order valence-corrected chi connectivity index (χ4v) is 4.77. The number of nitrogens with one attached hydrogen (secondary N) is 1. The van der Waals surface area contributed by atoms with E-state index >= 15 is 4.39 Å². The van der Waals surface area contributed by atoms with Crippen LogP contribution in [0.4, 0.5) is 13.2 Å². The molecule has 0 spiro atoms. The van der Waals surface area contributed by atoms with Crippen LogP contribution in [-0.4, -0.2) is 44.7 Å². The number of aromatic amines is 1. The summed E-state index contributed by atoms with van der Waals surface area (Å²) in [6.07, 6.45) is 1.56. The predicted molar refractivity (Wildman–Crippen MR) is 131 cm³/mol. The minimum atomic E-state index is -1.70. The maximum atomic E-state index is 16.2. The zero-order chi connectivity index (χ0) is 26.5. The first kappa shape index (κ1) is 24.5. The van der Waals surface area contributed by atoms with E-state index in [-0.39, 0.29) is 52.0 Å². The van der Waals surface area contributed by atoms with Crippen LogP contribution in [0.2, 0.25) is 0 Å². The van der Waals surface area contributed by atoms with Gasteiger partial charge >= 0.3 is 5.97 Å². The molecule has 0 saturated carbocycles. The number of carboxylic acid groups (broad SMARTS) is 1. The number of ether oxygens (including phenoxy) is 1. The van der Waals surface area contributed by atoms with Crippen molar-refractivity contribution in [2.75, 3.05) is 13.7 Å². The highest BCUT2D eigenvalue weighted by Gasteiger charge is 2.38. The highest BCUT2D eigenvalue weighted by atomic mass is 19.2. The molecule has 190 valence electrons. The Hall–Kier alpha value is -4.15. The lowest BCUT2D eigenvalue weighted by Crippen LogP contribution is -2.33. The van der Waals surface area contributed by atoms with Crippen LogP contribution in [-0.2, 0) is 10.3 Å². The summed E-state index contributed by atoms with van der Waals surface area (Å²) in [6, 6.07) is 10.7. The maximum absolute atomic E-state index is 16.2. The minimum absolute atomic E-state index is 0.0220. The molecule has 37 heavy (non-hydrogen) atoms. The Bertz CT molecular complexity index is 1660. The fourth-order valence-electron chi connectivity index (χ4n) is 4.77. The molecule has 5 aromatic rings. The molecule has 10 heteroatoms. The predicted octanol–water partition coefficient (Wildman–Crippen LogP) is 5.53. The number of aromatic nitrogens is 3. The zero-order valence-electron chi connectivity index (χ0n) is 19.8. The highest BCUT2D eigenvalue weighted by Crippen LogP contribution is 2.46. The molecule has 2 heterocycles. The second kappa shape index (κ2) is 9.06. The van der Waals surface area contributed by atoms with Crippen molar-refractivity contribution in [3.8, 4) is 16.8 Å². The van der Waals surface area contributed by atoms with Crippen LogP contribution in [0, 0.1) is 17.5 Å². The summed E-state index contributed by atoms with van der Waals surface area (Å²) in [5.41, 5.74) is -0.284. The summed E-state index contributed by atoms with van der Waals surface area (Å²) in [4.78, 5) is 11.4. The van der Waals surface area contributed by atoms with Gasteiger partial charge in [-0.3, -0.25) is 5.10 Å². The molecule has 0 aliphatic heterocycles. The van der Waals surface area contributed by atoms with Crippen LogP contribution in [0.15, 0.2) is 54.7 Å². The van der Waals surface area contributed by atoms with Crippen LogP contribution in [0.25, 0.3) is 38.6 Å². The monoisotopic (exact) mass is 509 g/mol. The van der Waals surface area contributed by atoms with E-state index in [9.17, 15) is 23.8 Å². The summed E-state index contributed by atoms with van der Waals surface area (Å²) < 4.78 is 51.3. The van der Waals surface area contributed by atoms with Gasteiger partial charge in [-0.15, -0.1) is 0 Å². The highest BCUT2D eigenvalue weighted by molar-refractivity contribution is 6.06. The Morgan fingerprint density at radius 3 is 2.46 bits per heavy atom.